The van der Waals surface area contributed by atoms with Crippen LogP contribution in [0.5, 0.6) is 0 Å². The van der Waals surface area contributed by atoms with E-state index in [0.717, 1.165) is 22.5 Å². The molecule has 0 atom stereocenters. The van der Waals surface area contributed by atoms with Gasteiger partial charge in [-0.3, -0.25) is 9.59 Å². The molecule has 0 spiro atoms. The zero-order valence-corrected chi connectivity index (χ0v) is 19.3. The lowest BCUT2D eigenvalue weighted by molar-refractivity contribution is -0.137. The average Bonchev–Trinajstić information content (AvgIpc) is 2.85. The predicted octanol–water partition coefficient (Wildman–Crippen LogP) is 5.68. The first-order valence-corrected chi connectivity index (χ1v) is 11.5. The third-order valence-electron chi connectivity index (χ3n) is 5.50. The third-order valence-corrected chi connectivity index (χ3v) is 5.87. The first kappa shape index (κ1) is 23.4. The third kappa shape index (κ3) is 5.77. The van der Waals surface area contributed by atoms with Gasteiger partial charge in [-0.2, -0.15) is 0 Å². The zero-order valence-electron chi connectivity index (χ0n) is 18.5. The molecule has 0 unspecified atom stereocenters. The average molecular weight is 474 g/mol. The van der Waals surface area contributed by atoms with Gasteiger partial charge in [0.15, 0.2) is 0 Å². The molecule has 0 aliphatic rings. The fraction of sp³-hybridized carbons (Fsp3) is 0.185. The standard InChI is InChI=1S/C27H24ClN3O3/c28-21-11-5-4-10-20(21)17-29-27(34)19-14-15-22-24(16-19)30-23(12-6-7-13-25(32)33)26(31-22)18-8-2-1-3-9-18/h1-5,8-11,14-16H,6-7,12-13,17H2,(H,29,34)(H,32,33). The van der Waals surface area contributed by atoms with Gasteiger partial charge in [-0.05, 0) is 49.1 Å². The number of hydrogen-bond acceptors (Lipinski definition) is 4. The number of unbranched alkanes of at least 4 members (excludes halogenated alkanes) is 1. The Morgan fingerprint density at radius 1 is 0.882 bits per heavy atom. The molecule has 4 aromatic rings. The highest BCUT2D eigenvalue weighted by Gasteiger charge is 2.14. The lowest BCUT2D eigenvalue weighted by Gasteiger charge is -2.11. The van der Waals surface area contributed by atoms with Crippen LogP contribution in [0.2, 0.25) is 5.02 Å². The molecule has 172 valence electrons. The fourth-order valence-electron chi connectivity index (χ4n) is 3.72. The van der Waals surface area contributed by atoms with Crippen molar-refractivity contribution in [3.63, 3.8) is 0 Å². The van der Waals surface area contributed by atoms with Gasteiger partial charge in [0.1, 0.15) is 0 Å². The van der Waals surface area contributed by atoms with Crippen LogP contribution in [0.3, 0.4) is 0 Å². The van der Waals surface area contributed by atoms with E-state index in [1.165, 1.54) is 0 Å². The number of aromatic nitrogens is 2. The summed E-state index contributed by atoms with van der Waals surface area (Å²) in [6, 6.07) is 22.4. The molecule has 1 aromatic heterocycles. The van der Waals surface area contributed by atoms with Gasteiger partial charge < -0.3 is 10.4 Å². The van der Waals surface area contributed by atoms with Crippen molar-refractivity contribution >= 4 is 34.5 Å². The Balaban J connectivity index is 1.60. The highest BCUT2D eigenvalue weighted by molar-refractivity contribution is 6.31. The van der Waals surface area contributed by atoms with Gasteiger partial charge in [0.2, 0.25) is 0 Å². The summed E-state index contributed by atoms with van der Waals surface area (Å²) < 4.78 is 0. The molecule has 0 aliphatic heterocycles. The van der Waals surface area contributed by atoms with Crippen LogP contribution in [0.4, 0.5) is 0 Å². The maximum absolute atomic E-state index is 12.8. The van der Waals surface area contributed by atoms with Gasteiger partial charge >= 0.3 is 5.97 Å². The van der Waals surface area contributed by atoms with Gasteiger partial charge in [-0.1, -0.05) is 60.1 Å². The molecule has 3 aromatic carbocycles. The molecule has 2 N–H and O–H groups in total. The van der Waals surface area contributed by atoms with Crippen molar-refractivity contribution in [3.8, 4) is 11.3 Å². The molecule has 0 saturated carbocycles. The molecule has 34 heavy (non-hydrogen) atoms. The number of benzene rings is 3. The van der Waals surface area contributed by atoms with Gasteiger partial charge in [0.05, 0.1) is 22.4 Å². The minimum Gasteiger partial charge on any atom is -0.481 e. The minimum atomic E-state index is -0.805. The second kappa shape index (κ2) is 10.9. The highest BCUT2D eigenvalue weighted by Crippen LogP contribution is 2.25. The molecule has 6 nitrogen and oxygen atoms in total. The van der Waals surface area contributed by atoms with E-state index in [9.17, 15) is 9.59 Å². The number of fused-ring (bicyclic) bond motifs is 1. The SMILES string of the molecule is O=C(O)CCCCc1nc2cc(C(=O)NCc3ccccc3Cl)ccc2nc1-c1ccccc1. The second-order valence-electron chi connectivity index (χ2n) is 7.96. The molecule has 1 heterocycles. The van der Waals surface area contributed by atoms with Crippen LogP contribution in [0.25, 0.3) is 22.3 Å². The summed E-state index contributed by atoms with van der Waals surface area (Å²) in [7, 11) is 0. The number of amides is 1. The lowest BCUT2D eigenvalue weighted by Crippen LogP contribution is -2.23. The van der Waals surface area contributed by atoms with Crippen molar-refractivity contribution in [3.05, 3.63) is 94.6 Å². The molecular weight excluding hydrogens is 450 g/mol. The van der Waals surface area contributed by atoms with Crippen LogP contribution in [-0.4, -0.2) is 27.0 Å². The number of halogens is 1. The molecular formula is C27H24ClN3O3. The summed E-state index contributed by atoms with van der Waals surface area (Å²) in [5, 5.41) is 12.4. The number of nitrogens with one attached hydrogen (secondary N) is 1. The van der Waals surface area contributed by atoms with Crippen molar-refractivity contribution in [1.82, 2.24) is 15.3 Å². The Labute approximate surface area is 202 Å². The normalized spacial score (nSPS) is 10.9. The van der Waals surface area contributed by atoms with Crippen molar-refractivity contribution in [2.24, 2.45) is 0 Å². The molecule has 0 bridgehead atoms. The van der Waals surface area contributed by atoms with Crippen LogP contribution >= 0.6 is 11.6 Å². The van der Waals surface area contributed by atoms with E-state index in [4.69, 9.17) is 26.7 Å². The summed E-state index contributed by atoms with van der Waals surface area (Å²) in [5.74, 6) is -1.03. The van der Waals surface area contributed by atoms with Crippen LogP contribution < -0.4 is 5.32 Å². The summed E-state index contributed by atoms with van der Waals surface area (Å²) >= 11 is 6.18. The number of carbonyl (C=O) groups is 2. The molecule has 0 radical (unpaired) electrons. The van der Waals surface area contributed by atoms with Gasteiger partial charge in [0.25, 0.3) is 5.91 Å². The fourth-order valence-corrected chi connectivity index (χ4v) is 3.92. The van der Waals surface area contributed by atoms with Crippen LogP contribution in [0.1, 0.15) is 40.9 Å². The topological polar surface area (TPSA) is 92.2 Å². The first-order chi connectivity index (χ1) is 16.5. The van der Waals surface area contributed by atoms with Crippen LogP contribution in [-0.2, 0) is 17.8 Å². The molecule has 4 rings (SSSR count). The number of carboxylic acids is 1. The number of carbonyl (C=O) groups excluding carboxylic acids is 1. The molecule has 7 heteroatoms. The van der Waals surface area contributed by atoms with Gasteiger partial charge in [-0.25, -0.2) is 9.97 Å². The van der Waals surface area contributed by atoms with Crippen LogP contribution in [0.15, 0.2) is 72.8 Å². The Morgan fingerprint density at radius 3 is 2.41 bits per heavy atom. The maximum Gasteiger partial charge on any atom is 0.303 e. The number of carboxylic acid groups (broad SMARTS) is 1. The Morgan fingerprint density at radius 2 is 1.65 bits per heavy atom. The van der Waals surface area contributed by atoms with E-state index < -0.39 is 5.97 Å². The Bertz CT molecular complexity index is 1330. The minimum absolute atomic E-state index is 0.122. The number of hydrogen-bond donors (Lipinski definition) is 2. The Kier molecular flexibility index (Phi) is 7.50. The monoisotopic (exact) mass is 473 g/mol. The maximum atomic E-state index is 12.8. The molecule has 1 amide bonds. The number of nitrogens with zero attached hydrogens (tertiary/aromatic N) is 2. The van der Waals surface area contributed by atoms with Crippen molar-refractivity contribution in [2.75, 3.05) is 0 Å². The summed E-state index contributed by atoms with van der Waals surface area (Å²) in [4.78, 5) is 33.3. The molecule has 0 aliphatic carbocycles. The lowest BCUT2D eigenvalue weighted by atomic mass is 10.0. The Hall–Kier alpha value is -3.77. The van der Waals surface area contributed by atoms with Crippen molar-refractivity contribution in [2.45, 2.75) is 32.2 Å². The van der Waals surface area contributed by atoms with E-state index >= 15 is 0 Å². The van der Waals surface area contributed by atoms with E-state index in [0.29, 0.717) is 47.4 Å². The second-order valence-corrected chi connectivity index (χ2v) is 8.37. The number of rotatable bonds is 9. The largest absolute Gasteiger partial charge is 0.481 e. The van der Waals surface area contributed by atoms with E-state index in [1.807, 2.05) is 48.5 Å². The number of aryl methyl sites for hydroxylation is 1. The van der Waals surface area contributed by atoms with Crippen molar-refractivity contribution < 1.29 is 14.7 Å². The summed E-state index contributed by atoms with van der Waals surface area (Å²) in [6.45, 7) is 0.323. The van der Waals surface area contributed by atoms with Crippen molar-refractivity contribution in [1.29, 1.82) is 0 Å². The first-order valence-electron chi connectivity index (χ1n) is 11.1. The van der Waals surface area contributed by atoms with E-state index in [2.05, 4.69) is 5.32 Å². The van der Waals surface area contributed by atoms with E-state index in [1.54, 1.807) is 24.3 Å². The molecule has 0 fully saturated rings. The van der Waals surface area contributed by atoms with Gasteiger partial charge in [0, 0.05) is 29.1 Å². The highest BCUT2D eigenvalue weighted by atomic mass is 35.5. The van der Waals surface area contributed by atoms with Gasteiger partial charge in [-0.15, -0.1) is 0 Å². The summed E-state index contributed by atoms with van der Waals surface area (Å²) in [5.41, 5.74) is 5.16. The summed E-state index contributed by atoms with van der Waals surface area (Å²) in [6.07, 6.45) is 1.97. The smallest absolute Gasteiger partial charge is 0.303 e. The molecule has 0 saturated heterocycles. The zero-order chi connectivity index (χ0) is 23.9. The van der Waals surface area contributed by atoms with E-state index in [-0.39, 0.29) is 12.3 Å². The number of aliphatic carboxylic acids is 1. The predicted molar refractivity (Wildman–Crippen MR) is 133 cm³/mol. The quantitative estimate of drug-likeness (QED) is 0.305. The van der Waals surface area contributed by atoms with Crippen LogP contribution in [0, 0.1) is 0 Å².